The highest BCUT2D eigenvalue weighted by Crippen LogP contribution is 2.37. The zero-order chi connectivity index (χ0) is 16.1. The summed E-state index contributed by atoms with van der Waals surface area (Å²) in [6.45, 7) is 1.24. The van der Waals surface area contributed by atoms with E-state index in [-0.39, 0.29) is 16.4 Å². The fraction of sp³-hybridized carbons (Fsp3) is 0.632. The highest BCUT2D eigenvalue weighted by atomic mass is 32.2. The molecule has 2 atom stereocenters. The van der Waals surface area contributed by atoms with E-state index in [2.05, 4.69) is 0 Å². The van der Waals surface area contributed by atoms with E-state index in [1.165, 1.54) is 12.0 Å². The third-order valence-electron chi connectivity index (χ3n) is 5.08. The fourth-order valence-corrected chi connectivity index (χ4v) is 6.00. The summed E-state index contributed by atoms with van der Waals surface area (Å²) in [5.41, 5.74) is 1.17. The molecule has 3 rings (SSSR count). The number of ether oxygens (including phenoxy) is 1. The Kier molecular flexibility index (Phi) is 6.01. The number of carbonyl (C=O) groups is 1. The first-order valence-electron chi connectivity index (χ1n) is 8.78. The normalized spacial score (nSPS) is 30.1. The second-order valence-electron chi connectivity index (χ2n) is 6.78. The maximum Gasteiger partial charge on any atom is 0.136 e. The van der Waals surface area contributed by atoms with Crippen LogP contribution in [0.3, 0.4) is 0 Å². The Balaban J connectivity index is 1.36. The molecule has 126 valence electrons. The Hall–Kier alpha value is -1.00. The predicted octanol–water partition coefficient (Wildman–Crippen LogP) is 3.63. The molecule has 2 fully saturated rings. The lowest BCUT2D eigenvalue weighted by atomic mass is 9.85. The van der Waals surface area contributed by atoms with Crippen LogP contribution < -0.4 is 0 Å². The minimum Gasteiger partial charge on any atom is -0.377 e. The Morgan fingerprint density at radius 1 is 1.13 bits per heavy atom. The maximum atomic E-state index is 12.4. The van der Waals surface area contributed by atoms with Crippen LogP contribution in [0.4, 0.5) is 0 Å². The van der Waals surface area contributed by atoms with E-state index < -0.39 is 10.8 Å². The molecule has 0 aliphatic carbocycles. The van der Waals surface area contributed by atoms with E-state index in [0.29, 0.717) is 25.4 Å². The summed E-state index contributed by atoms with van der Waals surface area (Å²) in [5, 5.41) is 0.566. The average Bonchev–Trinajstić information content (AvgIpc) is 2.55. The van der Waals surface area contributed by atoms with Gasteiger partial charge in [0.25, 0.3) is 0 Å². The van der Waals surface area contributed by atoms with Crippen LogP contribution in [-0.2, 0) is 26.9 Å². The molecule has 2 unspecified atom stereocenters. The highest BCUT2D eigenvalue weighted by molar-refractivity contribution is 7.86. The van der Waals surface area contributed by atoms with Crippen molar-refractivity contribution in [3.05, 3.63) is 35.9 Å². The van der Waals surface area contributed by atoms with Crippen molar-refractivity contribution < 1.29 is 13.7 Å². The molecule has 1 aromatic carbocycles. The van der Waals surface area contributed by atoms with Gasteiger partial charge < -0.3 is 4.74 Å². The average molecular weight is 334 g/mol. The van der Waals surface area contributed by atoms with E-state index in [1.807, 2.05) is 30.3 Å². The lowest BCUT2D eigenvalue weighted by Gasteiger charge is -2.37. The number of benzene rings is 1. The molecular weight excluding hydrogens is 308 g/mol. The van der Waals surface area contributed by atoms with Gasteiger partial charge in [-0.1, -0.05) is 36.8 Å². The molecule has 2 aliphatic heterocycles. The van der Waals surface area contributed by atoms with Crippen molar-refractivity contribution in [2.45, 2.75) is 62.1 Å². The van der Waals surface area contributed by atoms with Crippen molar-refractivity contribution in [1.29, 1.82) is 0 Å². The number of rotatable bonds is 7. The van der Waals surface area contributed by atoms with E-state index >= 15 is 0 Å². The molecule has 0 amide bonds. The standard InChI is InChI=1S/C19H26O3S/c20-19(10-5-11-22-14-15-6-2-1-3-7-15)16-12-17-8-4-9-18(13-16)23(17)21/h1-3,6-7,16-18H,4-5,8-14H2. The molecule has 0 N–H and O–H groups in total. The van der Waals surface area contributed by atoms with Gasteiger partial charge in [-0.25, -0.2) is 0 Å². The van der Waals surface area contributed by atoms with Crippen LogP contribution in [0.1, 0.15) is 50.5 Å². The molecule has 0 radical (unpaired) electrons. The molecule has 1 aromatic rings. The van der Waals surface area contributed by atoms with Gasteiger partial charge in [0, 0.05) is 40.2 Å². The Morgan fingerprint density at radius 2 is 1.83 bits per heavy atom. The molecule has 0 saturated carbocycles. The van der Waals surface area contributed by atoms with Crippen molar-refractivity contribution in [1.82, 2.24) is 0 Å². The molecule has 3 nitrogen and oxygen atoms in total. The first-order chi connectivity index (χ1) is 11.2. The van der Waals surface area contributed by atoms with Gasteiger partial charge in [0.1, 0.15) is 5.78 Å². The van der Waals surface area contributed by atoms with Gasteiger partial charge in [-0.15, -0.1) is 0 Å². The van der Waals surface area contributed by atoms with Crippen LogP contribution in [0.5, 0.6) is 0 Å². The summed E-state index contributed by atoms with van der Waals surface area (Å²) in [4.78, 5) is 12.4. The molecule has 23 heavy (non-hydrogen) atoms. The zero-order valence-corrected chi connectivity index (χ0v) is 14.4. The number of ketones is 1. The summed E-state index contributed by atoms with van der Waals surface area (Å²) in [5.74, 6) is 0.513. The number of fused-ring (bicyclic) bond motifs is 2. The maximum absolute atomic E-state index is 12.4. The molecule has 2 bridgehead atoms. The van der Waals surface area contributed by atoms with E-state index in [1.54, 1.807) is 0 Å². The Labute approximate surface area is 141 Å². The molecule has 2 heterocycles. The van der Waals surface area contributed by atoms with E-state index in [4.69, 9.17) is 4.74 Å². The fourth-order valence-electron chi connectivity index (χ4n) is 3.81. The minimum absolute atomic E-state index is 0.150. The quantitative estimate of drug-likeness (QED) is 0.715. The number of carbonyl (C=O) groups excluding carboxylic acids is 1. The minimum atomic E-state index is -0.680. The van der Waals surface area contributed by atoms with Crippen molar-refractivity contribution >= 4 is 16.6 Å². The first kappa shape index (κ1) is 16.8. The lowest BCUT2D eigenvalue weighted by Crippen LogP contribution is -2.41. The predicted molar refractivity (Wildman–Crippen MR) is 92.6 cm³/mol. The van der Waals surface area contributed by atoms with Crippen LogP contribution in [0.2, 0.25) is 0 Å². The van der Waals surface area contributed by atoms with Gasteiger partial charge in [-0.3, -0.25) is 9.00 Å². The summed E-state index contributed by atoms with van der Waals surface area (Å²) >= 11 is 0. The summed E-state index contributed by atoms with van der Waals surface area (Å²) in [6, 6.07) is 10.1. The molecule has 0 spiro atoms. The SMILES string of the molecule is O=C(CCCOCc1ccccc1)C1CC2CCCC(C1)S2=O. The molecule has 2 aliphatic rings. The van der Waals surface area contributed by atoms with Gasteiger partial charge in [-0.05, 0) is 37.7 Å². The van der Waals surface area contributed by atoms with E-state index in [9.17, 15) is 9.00 Å². The summed E-state index contributed by atoms with van der Waals surface area (Å²) < 4.78 is 17.8. The van der Waals surface area contributed by atoms with Gasteiger partial charge in [0.05, 0.1) is 6.61 Å². The van der Waals surface area contributed by atoms with Crippen LogP contribution in [0.25, 0.3) is 0 Å². The van der Waals surface area contributed by atoms with Gasteiger partial charge >= 0.3 is 0 Å². The number of Topliss-reactive ketones (excluding diaryl/α,β-unsaturated/α-hetero) is 1. The number of hydrogen-bond donors (Lipinski definition) is 0. The van der Waals surface area contributed by atoms with Crippen LogP contribution in [-0.4, -0.2) is 27.1 Å². The van der Waals surface area contributed by atoms with Crippen LogP contribution in [0, 0.1) is 5.92 Å². The second-order valence-corrected chi connectivity index (χ2v) is 8.77. The molecule has 0 aromatic heterocycles. The third kappa shape index (κ3) is 4.51. The van der Waals surface area contributed by atoms with Gasteiger partial charge in [0.15, 0.2) is 0 Å². The van der Waals surface area contributed by atoms with Gasteiger partial charge in [-0.2, -0.15) is 0 Å². The van der Waals surface area contributed by atoms with E-state index in [0.717, 1.165) is 32.1 Å². The zero-order valence-electron chi connectivity index (χ0n) is 13.6. The largest absolute Gasteiger partial charge is 0.377 e. The molecule has 2 saturated heterocycles. The van der Waals surface area contributed by atoms with Crippen molar-refractivity contribution in [2.75, 3.05) is 6.61 Å². The highest BCUT2D eigenvalue weighted by Gasteiger charge is 2.39. The molecule has 4 heteroatoms. The summed E-state index contributed by atoms with van der Waals surface area (Å²) in [7, 11) is -0.680. The van der Waals surface area contributed by atoms with Crippen molar-refractivity contribution in [2.24, 2.45) is 5.92 Å². The van der Waals surface area contributed by atoms with Crippen molar-refractivity contribution in [3.63, 3.8) is 0 Å². The Bertz CT molecular complexity index is 527. The van der Waals surface area contributed by atoms with Crippen LogP contribution in [0.15, 0.2) is 30.3 Å². The second kappa shape index (κ2) is 8.20. The Morgan fingerprint density at radius 3 is 2.52 bits per heavy atom. The topological polar surface area (TPSA) is 43.4 Å². The third-order valence-corrected chi connectivity index (χ3v) is 7.25. The van der Waals surface area contributed by atoms with Gasteiger partial charge in [0.2, 0.25) is 0 Å². The smallest absolute Gasteiger partial charge is 0.136 e. The van der Waals surface area contributed by atoms with Crippen LogP contribution >= 0.6 is 0 Å². The monoisotopic (exact) mass is 334 g/mol. The summed E-state index contributed by atoms with van der Waals surface area (Å²) in [6.07, 6.45) is 6.39. The number of hydrogen-bond acceptors (Lipinski definition) is 3. The first-order valence-corrected chi connectivity index (χ1v) is 10.1. The van der Waals surface area contributed by atoms with Crippen molar-refractivity contribution in [3.8, 4) is 0 Å². The lowest BCUT2D eigenvalue weighted by molar-refractivity contribution is -0.123. The molecular formula is C19H26O3S.